The fourth-order valence-corrected chi connectivity index (χ4v) is 0.716. The lowest BCUT2D eigenvalue weighted by Crippen LogP contribution is -2.07. The number of nitriles is 1. The SMILES string of the molecule is Cn1n[c]c(C(F)(F)F)c1C#N. The Hall–Kier alpha value is -1.51. The number of rotatable bonds is 0. The molecular weight excluding hydrogens is 171 g/mol. The van der Waals surface area contributed by atoms with Crippen molar-refractivity contribution in [1.82, 2.24) is 9.78 Å². The summed E-state index contributed by atoms with van der Waals surface area (Å²) < 4.78 is 36.9. The second-order valence-corrected chi connectivity index (χ2v) is 2.07. The van der Waals surface area contributed by atoms with Gasteiger partial charge in [0.25, 0.3) is 0 Å². The van der Waals surface area contributed by atoms with E-state index in [0.29, 0.717) is 0 Å². The van der Waals surface area contributed by atoms with Crippen LogP contribution in [0, 0.1) is 17.5 Å². The highest BCUT2D eigenvalue weighted by Crippen LogP contribution is 2.30. The van der Waals surface area contributed by atoms with E-state index in [2.05, 4.69) is 5.10 Å². The molecule has 1 rings (SSSR count). The fourth-order valence-electron chi connectivity index (χ4n) is 0.716. The fraction of sp³-hybridized carbons (Fsp3) is 0.333. The minimum absolute atomic E-state index is 0.525. The average Bonchev–Trinajstić information content (AvgIpc) is 2.29. The maximum Gasteiger partial charge on any atom is 0.421 e. The summed E-state index contributed by atoms with van der Waals surface area (Å²) in [6, 6.07) is 1.40. The number of aryl methyl sites for hydroxylation is 1. The first kappa shape index (κ1) is 8.59. The summed E-state index contributed by atoms with van der Waals surface area (Å²) in [5.74, 6) is 0. The molecule has 1 aromatic heterocycles. The average molecular weight is 174 g/mol. The third kappa shape index (κ3) is 1.25. The van der Waals surface area contributed by atoms with E-state index in [9.17, 15) is 13.2 Å². The molecular formula is C6H3F3N3. The molecule has 6 heteroatoms. The summed E-state index contributed by atoms with van der Waals surface area (Å²) in [4.78, 5) is 0. The zero-order valence-electron chi connectivity index (χ0n) is 5.98. The van der Waals surface area contributed by atoms with E-state index < -0.39 is 17.4 Å². The molecule has 0 aromatic carbocycles. The summed E-state index contributed by atoms with van der Waals surface area (Å²) in [6.45, 7) is 0. The Balaban J connectivity index is 3.28. The van der Waals surface area contributed by atoms with Crippen molar-refractivity contribution in [2.75, 3.05) is 0 Å². The highest BCUT2D eigenvalue weighted by atomic mass is 19.4. The first-order valence-electron chi connectivity index (χ1n) is 2.88. The molecule has 0 bridgehead atoms. The van der Waals surface area contributed by atoms with Crippen LogP contribution in [-0.4, -0.2) is 9.78 Å². The third-order valence-electron chi connectivity index (χ3n) is 1.26. The van der Waals surface area contributed by atoms with Gasteiger partial charge in [0.1, 0.15) is 17.8 Å². The van der Waals surface area contributed by atoms with E-state index in [0.717, 1.165) is 4.68 Å². The standard InChI is InChI=1S/C6H3F3N3/c1-12-5(2-10)4(3-11-12)6(7,8)9/h1H3. The molecule has 0 saturated carbocycles. The van der Waals surface area contributed by atoms with Gasteiger partial charge in [-0.15, -0.1) is 0 Å². The highest BCUT2D eigenvalue weighted by molar-refractivity contribution is 5.31. The molecule has 63 valence electrons. The van der Waals surface area contributed by atoms with Crippen LogP contribution in [0.3, 0.4) is 0 Å². The summed E-state index contributed by atoms with van der Waals surface area (Å²) in [7, 11) is 1.25. The lowest BCUT2D eigenvalue weighted by Gasteiger charge is -2.01. The predicted octanol–water partition coefficient (Wildman–Crippen LogP) is 1.11. The van der Waals surface area contributed by atoms with E-state index in [1.165, 1.54) is 13.1 Å². The van der Waals surface area contributed by atoms with Crippen LogP contribution < -0.4 is 0 Å². The van der Waals surface area contributed by atoms with Crippen molar-refractivity contribution in [3.63, 3.8) is 0 Å². The van der Waals surface area contributed by atoms with Crippen molar-refractivity contribution in [2.24, 2.45) is 7.05 Å². The van der Waals surface area contributed by atoms with E-state index in [4.69, 9.17) is 5.26 Å². The molecule has 1 radical (unpaired) electrons. The molecule has 0 saturated heterocycles. The minimum atomic E-state index is -4.56. The first-order valence-corrected chi connectivity index (χ1v) is 2.88. The van der Waals surface area contributed by atoms with Gasteiger partial charge in [-0.05, 0) is 0 Å². The van der Waals surface area contributed by atoms with E-state index >= 15 is 0 Å². The van der Waals surface area contributed by atoms with Crippen LogP contribution in [0.25, 0.3) is 0 Å². The quantitative estimate of drug-likeness (QED) is 0.591. The van der Waals surface area contributed by atoms with Crippen molar-refractivity contribution in [3.05, 3.63) is 17.5 Å². The molecule has 12 heavy (non-hydrogen) atoms. The second kappa shape index (κ2) is 2.52. The molecule has 3 nitrogen and oxygen atoms in total. The molecule has 0 aliphatic rings. The van der Waals surface area contributed by atoms with Gasteiger partial charge in [0.05, 0.1) is 0 Å². The molecule has 0 aliphatic carbocycles. The van der Waals surface area contributed by atoms with Crippen LogP contribution in [0.1, 0.15) is 11.3 Å². The summed E-state index contributed by atoms with van der Waals surface area (Å²) in [6.07, 6.45) is -2.83. The Morgan fingerprint density at radius 2 is 2.17 bits per heavy atom. The Kier molecular flexibility index (Phi) is 1.80. The number of halogens is 3. The second-order valence-electron chi connectivity index (χ2n) is 2.07. The Morgan fingerprint density at radius 1 is 1.58 bits per heavy atom. The zero-order valence-corrected chi connectivity index (χ0v) is 5.98. The molecule has 0 spiro atoms. The molecule has 0 unspecified atom stereocenters. The smallest absolute Gasteiger partial charge is 0.257 e. The normalized spacial score (nSPS) is 11.2. The molecule has 0 fully saturated rings. The predicted molar refractivity (Wildman–Crippen MR) is 31.8 cm³/mol. The van der Waals surface area contributed by atoms with Gasteiger partial charge in [-0.3, -0.25) is 4.68 Å². The van der Waals surface area contributed by atoms with Crippen molar-refractivity contribution >= 4 is 0 Å². The number of hydrogen-bond acceptors (Lipinski definition) is 2. The van der Waals surface area contributed by atoms with Crippen molar-refractivity contribution in [2.45, 2.75) is 6.18 Å². The maximum absolute atomic E-state index is 12.0. The van der Waals surface area contributed by atoms with Gasteiger partial charge in [-0.25, -0.2) is 0 Å². The van der Waals surface area contributed by atoms with Crippen LogP contribution >= 0.6 is 0 Å². The maximum atomic E-state index is 12.0. The van der Waals surface area contributed by atoms with Gasteiger partial charge in [0.2, 0.25) is 0 Å². The summed E-state index contributed by atoms with van der Waals surface area (Å²) in [5, 5.41) is 11.5. The summed E-state index contributed by atoms with van der Waals surface area (Å²) in [5.41, 5.74) is -1.64. The monoisotopic (exact) mass is 174 g/mol. The lowest BCUT2D eigenvalue weighted by molar-refractivity contribution is -0.138. The van der Waals surface area contributed by atoms with Gasteiger partial charge >= 0.3 is 6.18 Å². The topological polar surface area (TPSA) is 41.6 Å². The molecule has 1 heterocycles. The molecule has 0 amide bonds. The molecule has 0 atom stereocenters. The van der Waals surface area contributed by atoms with Gasteiger partial charge in [0, 0.05) is 7.05 Å². The van der Waals surface area contributed by atoms with Crippen LogP contribution in [0.2, 0.25) is 0 Å². The van der Waals surface area contributed by atoms with Gasteiger partial charge < -0.3 is 0 Å². The number of hydrogen-bond donors (Lipinski definition) is 0. The number of aromatic nitrogens is 2. The Bertz CT molecular complexity index is 331. The van der Waals surface area contributed by atoms with Gasteiger partial charge in [-0.2, -0.15) is 23.5 Å². The molecule has 0 N–H and O–H groups in total. The van der Waals surface area contributed by atoms with Crippen LogP contribution in [-0.2, 0) is 13.2 Å². The van der Waals surface area contributed by atoms with Crippen LogP contribution in [0.4, 0.5) is 13.2 Å². The first-order chi connectivity index (χ1) is 5.46. The van der Waals surface area contributed by atoms with Gasteiger partial charge in [-0.1, -0.05) is 0 Å². The molecule has 1 aromatic rings. The van der Waals surface area contributed by atoms with E-state index in [1.54, 1.807) is 6.20 Å². The van der Waals surface area contributed by atoms with Gasteiger partial charge in [0.15, 0.2) is 5.69 Å². The summed E-state index contributed by atoms with van der Waals surface area (Å²) >= 11 is 0. The Morgan fingerprint density at radius 3 is 2.50 bits per heavy atom. The number of alkyl halides is 3. The lowest BCUT2D eigenvalue weighted by atomic mass is 10.2. The minimum Gasteiger partial charge on any atom is -0.257 e. The highest BCUT2D eigenvalue weighted by Gasteiger charge is 2.36. The van der Waals surface area contributed by atoms with Crippen molar-refractivity contribution in [3.8, 4) is 6.07 Å². The van der Waals surface area contributed by atoms with E-state index in [-0.39, 0.29) is 0 Å². The zero-order chi connectivity index (χ0) is 9.35. The van der Waals surface area contributed by atoms with Crippen molar-refractivity contribution in [1.29, 1.82) is 5.26 Å². The third-order valence-corrected chi connectivity index (χ3v) is 1.26. The largest absolute Gasteiger partial charge is 0.421 e. The van der Waals surface area contributed by atoms with Crippen LogP contribution in [0.5, 0.6) is 0 Å². The Labute approximate surface area is 66.0 Å². The molecule has 0 aliphatic heterocycles. The van der Waals surface area contributed by atoms with E-state index in [1.807, 2.05) is 0 Å². The number of nitrogens with zero attached hydrogens (tertiary/aromatic N) is 3. The van der Waals surface area contributed by atoms with Crippen molar-refractivity contribution < 1.29 is 13.2 Å². The van der Waals surface area contributed by atoms with Crippen LogP contribution in [0.15, 0.2) is 0 Å².